The van der Waals surface area contributed by atoms with E-state index >= 15 is 0 Å². The van der Waals surface area contributed by atoms with Crippen molar-refractivity contribution in [3.8, 4) is 0 Å². The van der Waals surface area contributed by atoms with Gasteiger partial charge in [-0.1, -0.05) is 13.8 Å². The second-order valence-corrected chi connectivity index (χ2v) is 6.13. The summed E-state index contributed by atoms with van der Waals surface area (Å²) in [4.78, 5) is 7.27. The summed E-state index contributed by atoms with van der Waals surface area (Å²) in [5.41, 5.74) is 1.24. The molecular formula is C13H23N3S. The van der Waals surface area contributed by atoms with Crippen LogP contribution in [-0.4, -0.2) is 29.5 Å². The summed E-state index contributed by atoms with van der Waals surface area (Å²) in [6.45, 7) is 7.82. The van der Waals surface area contributed by atoms with Crippen molar-refractivity contribution in [3.05, 3.63) is 16.1 Å². The Labute approximate surface area is 108 Å². The van der Waals surface area contributed by atoms with Gasteiger partial charge in [-0.2, -0.15) is 0 Å². The Balaban J connectivity index is 1.95. The molecule has 96 valence electrons. The second kappa shape index (κ2) is 5.94. The number of aromatic nitrogens is 1. The van der Waals surface area contributed by atoms with Crippen molar-refractivity contribution >= 4 is 11.3 Å². The maximum atomic E-state index is 4.67. The van der Waals surface area contributed by atoms with E-state index in [2.05, 4.69) is 34.4 Å². The lowest BCUT2D eigenvalue weighted by Gasteiger charge is -2.26. The molecule has 2 heterocycles. The smallest absolute Gasteiger partial charge is 0.107 e. The third kappa shape index (κ3) is 3.27. The molecule has 0 aliphatic carbocycles. The van der Waals surface area contributed by atoms with Crippen molar-refractivity contribution in [1.29, 1.82) is 0 Å². The molecule has 1 fully saturated rings. The summed E-state index contributed by atoms with van der Waals surface area (Å²) in [6.07, 6.45) is 2.70. The molecule has 0 aromatic carbocycles. The second-order valence-electron chi connectivity index (χ2n) is 5.19. The minimum absolute atomic E-state index is 0.754. The van der Waals surface area contributed by atoms with Crippen LogP contribution in [0.15, 0.2) is 5.38 Å². The van der Waals surface area contributed by atoms with Crippen LogP contribution in [0.1, 0.15) is 37.4 Å². The van der Waals surface area contributed by atoms with Gasteiger partial charge in [0.1, 0.15) is 5.01 Å². The SMILES string of the molecule is CNCc1nc(CN2CCCC2C(C)C)cs1. The van der Waals surface area contributed by atoms with Crippen LogP contribution in [0.4, 0.5) is 0 Å². The molecule has 2 rings (SSSR count). The Morgan fingerprint density at radius 1 is 1.59 bits per heavy atom. The van der Waals surface area contributed by atoms with Gasteiger partial charge in [-0.25, -0.2) is 4.98 Å². The summed E-state index contributed by atoms with van der Waals surface area (Å²) in [6, 6.07) is 0.754. The Hall–Kier alpha value is -0.450. The number of hydrogen-bond donors (Lipinski definition) is 1. The predicted octanol–water partition coefficient (Wildman–Crippen LogP) is 2.48. The van der Waals surface area contributed by atoms with Gasteiger partial charge in [0.15, 0.2) is 0 Å². The van der Waals surface area contributed by atoms with E-state index < -0.39 is 0 Å². The first-order chi connectivity index (χ1) is 8.20. The zero-order chi connectivity index (χ0) is 12.3. The van der Waals surface area contributed by atoms with Gasteiger partial charge in [0.25, 0.3) is 0 Å². The largest absolute Gasteiger partial charge is 0.314 e. The first-order valence-electron chi connectivity index (χ1n) is 6.52. The average molecular weight is 253 g/mol. The van der Waals surface area contributed by atoms with Gasteiger partial charge in [0.2, 0.25) is 0 Å². The Morgan fingerprint density at radius 2 is 2.41 bits per heavy atom. The average Bonchev–Trinajstić information content (AvgIpc) is 2.89. The van der Waals surface area contributed by atoms with Crippen molar-refractivity contribution in [1.82, 2.24) is 15.2 Å². The molecule has 0 spiro atoms. The van der Waals surface area contributed by atoms with E-state index in [0.717, 1.165) is 25.0 Å². The van der Waals surface area contributed by atoms with Gasteiger partial charge in [-0.05, 0) is 32.4 Å². The van der Waals surface area contributed by atoms with Gasteiger partial charge in [-0.3, -0.25) is 4.90 Å². The summed E-state index contributed by atoms with van der Waals surface area (Å²) < 4.78 is 0. The van der Waals surface area contributed by atoms with E-state index in [4.69, 9.17) is 0 Å². The zero-order valence-electron chi connectivity index (χ0n) is 11.1. The molecular weight excluding hydrogens is 230 g/mol. The Morgan fingerprint density at radius 3 is 3.12 bits per heavy atom. The topological polar surface area (TPSA) is 28.2 Å². The summed E-state index contributed by atoms with van der Waals surface area (Å²) in [5, 5.41) is 6.56. The van der Waals surface area contributed by atoms with Crippen molar-refractivity contribution in [3.63, 3.8) is 0 Å². The molecule has 1 aliphatic rings. The third-order valence-electron chi connectivity index (χ3n) is 3.48. The maximum absolute atomic E-state index is 4.67. The summed E-state index contributed by atoms with van der Waals surface area (Å²) in [5.74, 6) is 0.757. The predicted molar refractivity (Wildman–Crippen MR) is 73.1 cm³/mol. The van der Waals surface area contributed by atoms with E-state index in [0.29, 0.717) is 0 Å². The number of thiazole rings is 1. The molecule has 1 aromatic rings. The monoisotopic (exact) mass is 253 g/mol. The molecule has 1 N–H and O–H groups in total. The van der Waals surface area contributed by atoms with Crippen LogP contribution < -0.4 is 5.32 Å². The van der Waals surface area contributed by atoms with Gasteiger partial charge in [0.05, 0.1) is 5.69 Å². The summed E-state index contributed by atoms with van der Waals surface area (Å²) >= 11 is 1.77. The minimum Gasteiger partial charge on any atom is -0.314 e. The highest BCUT2D eigenvalue weighted by Crippen LogP contribution is 2.25. The minimum atomic E-state index is 0.754. The van der Waals surface area contributed by atoms with Gasteiger partial charge >= 0.3 is 0 Å². The van der Waals surface area contributed by atoms with Crippen LogP contribution in [0.25, 0.3) is 0 Å². The Bertz CT molecular complexity index is 348. The molecule has 1 unspecified atom stereocenters. The van der Waals surface area contributed by atoms with E-state index in [1.54, 1.807) is 11.3 Å². The van der Waals surface area contributed by atoms with Gasteiger partial charge in [0, 0.05) is 24.5 Å². The number of nitrogens with one attached hydrogen (secondary N) is 1. The number of nitrogens with zero attached hydrogens (tertiary/aromatic N) is 2. The molecule has 4 heteroatoms. The lowest BCUT2D eigenvalue weighted by atomic mass is 10.0. The molecule has 0 amide bonds. The number of hydrogen-bond acceptors (Lipinski definition) is 4. The van der Waals surface area contributed by atoms with Crippen LogP contribution in [0.2, 0.25) is 0 Å². The highest BCUT2D eigenvalue weighted by atomic mass is 32.1. The quantitative estimate of drug-likeness (QED) is 0.874. The molecule has 17 heavy (non-hydrogen) atoms. The Kier molecular flexibility index (Phi) is 4.54. The van der Waals surface area contributed by atoms with Crippen molar-refractivity contribution in [2.24, 2.45) is 5.92 Å². The normalized spacial score (nSPS) is 21.5. The van der Waals surface area contributed by atoms with Gasteiger partial charge < -0.3 is 5.32 Å². The highest BCUT2D eigenvalue weighted by Gasteiger charge is 2.27. The maximum Gasteiger partial charge on any atom is 0.107 e. The van der Waals surface area contributed by atoms with E-state index in [1.165, 1.54) is 30.1 Å². The molecule has 0 bridgehead atoms. The van der Waals surface area contributed by atoms with E-state index in [9.17, 15) is 0 Å². The molecule has 1 aromatic heterocycles. The van der Waals surface area contributed by atoms with Crippen molar-refractivity contribution < 1.29 is 0 Å². The van der Waals surface area contributed by atoms with Crippen molar-refractivity contribution in [2.75, 3.05) is 13.6 Å². The fourth-order valence-corrected chi connectivity index (χ4v) is 3.46. The lowest BCUT2D eigenvalue weighted by molar-refractivity contribution is 0.197. The third-order valence-corrected chi connectivity index (χ3v) is 4.37. The molecule has 3 nitrogen and oxygen atoms in total. The fraction of sp³-hybridized carbons (Fsp3) is 0.769. The van der Waals surface area contributed by atoms with Crippen LogP contribution in [0, 0.1) is 5.92 Å². The molecule has 1 atom stereocenters. The fourth-order valence-electron chi connectivity index (χ4n) is 2.67. The number of likely N-dealkylation sites (tertiary alicyclic amines) is 1. The van der Waals surface area contributed by atoms with Crippen LogP contribution in [0.3, 0.4) is 0 Å². The van der Waals surface area contributed by atoms with Crippen LogP contribution in [0.5, 0.6) is 0 Å². The number of rotatable bonds is 5. The zero-order valence-corrected chi connectivity index (χ0v) is 11.9. The van der Waals surface area contributed by atoms with E-state index in [1.807, 2.05) is 7.05 Å². The standard InChI is InChI=1S/C13H23N3S/c1-10(2)12-5-4-6-16(12)8-11-9-17-13(15-11)7-14-3/h9-10,12,14H,4-8H2,1-3H3. The van der Waals surface area contributed by atoms with Crippen LogP contribution >= 0.6 is 11.3 Å². The molecule has 0 radical (unpaired) electrons. The lowest BCUT2D eigenvalue weighted by Crippen LogP contribution is -2.32. The van der Waals surface area contributed by atoms with Gasteiger partial charge in [-0.15, -0.1) is 11.3 Å². The molecule has 0 saturated carbocycles. The molecule has 1 aliphatic heterocycles. The highest BCUT2D eigenvalue weighted by molar-refractivity contribution is 7.09. The van der Waals surface area contributed by atoms with Crippen LogP contribution in [-0.2, 0) is 13.1 Å². The molecule has 1 saturated heterocycles. The summed E-state index contributed by atoms with van der Waals surface area (Å²) in [7, 11) is 1.97. The first kappa shape index (κ1) is 13.0. The van der Waals surface area contributed by atoms with Crippen molar-refractivity contribution in [2.45, 2.75) is 45.8 Å². The van der Waals surface area contributed by atoms with E-state index in [-0.39, 0.29) is 0 Å². The first-order valence-corrected chi connectivity index (χ1v) is 7.40.